The van der Waals surface area contributed by atoms with Crippen molar-refractivity contribution in [3.05, 3.63) is 41.8 Å². The molecule has 0 radical (unpaired) electrons. The molecule has 0 saturated heterocycles. The highest BCUT2D eigenvalue weighted by Crippen LogP contribution is 2.18. The van der Waals surface area contributed by atoms with Gasteiger partial charge in [-0.25, -0.2) is 0 Å². The van der Waals surface area contributed by atoms with Crippen LogP contribution >= 0.6 is 0 Å². The molecule has 0 heterocycles. The Morgan fingerprint density at radius 2 is 1.71 bits per heavy atom. The van der Waals surface area contributed by atoms with E-state index >= 15 is 0 Å². The van der Waals surface area contributed by atoms with Crippen molar-refractivity contribution in [2.75, 3.05) is 19.1 Å². The third-order valence-electron chi connectivity index (χ3n) is 2.07. The molecule has 1 rings (SSSR count). The molecule has 0 unspecified atom stereocenters. The zero-order valence-corrected chi connectivity index (χ0v) is 9.24. The van der Waals surface area contributed by atoms with Gasteiger partial charge in [0.25, 0.3) is 0 Å². The predicted molar refractivity (Wildman–Crippen MR) is 60.2 cm³/mol. The number of hydrogen-bond acceptors (Lipinski definition) is 2. The highest BCUT2D eigenvalue weighted by atomic mass is 16.5. The fraction of sp³-hybridized carbons (Fsp3) is 0.333. The van der Waals surface area contributed by atoms with Gasteiger partial charge in [-0.15, -0.1) is 0 Å². The Morgan fingerprint density at radius 3 is 2.14 bits per heavy atom. The molecule has 0 aliphatic rings. The van der Waals surface area contributed by atoms with Crippen molar-refractivity contribution in [3.63, 3.8) is 0 Å². The minimum absolute atomic E-state index is 0.899. The summed E-state index contributed by atoms with van der Waals surface area (Å²) in [6.45, 7) is 4.08. The van der Waals surface area contributed by atoms with Gasteiger partial charge < -0.3 is 9.64 Å². The van der Waals surface area contributed by atoms with Crippen molar-refractivity contribution in [2.45, 2.75) is 13.8 Å². The summed E-state index contributed by atoms with van der Waals surface area (Å²) in [5.41, 5.74) is 2.30. The lowest BCUT2D eigenvalue weighted by atomic mass is 10.3. The molecule has 76 valence electrons. The minimum atomic E-state index is 0.899. The molecule has 0 saturated carbocycles. The zero-order valence-electron chi connectivity index (χ0n) is 9.24. The first-order valence-electron chi connectivity index (χ1n) is 4.67. The second-order valence-corrected chi connectivity index (χ2v) is 3.40. The maximum absolute atomic E-state index is 5.33. The first kappa shape index (κ1) is 10.6. The quantitative estimate of drug-likeness (QED) is 0.681. The van der Waals surface area contributed by atoms with Crippen LogP contribution < -0.4 is 4.90 Å². The Labute approximate surface area is 85.8 Å². The van der Waals surface area contributed by atoms with Gasteiger partial charge in [0.2, 0.25) is 0 Å². The number of nitrogens with zero attached hydrogens (tertiary/aromatic N) is 1. The van der Waals surface area contributed by atoms with Gasteiger partial charge in [-0.05, 0) is 31.6 Å². The van der Waals surface area contributed by atoms with Crippen molar-refractivity contribution < 1.29 is 4.74 Å². The van der Waals surface area contributed by atoms with Gasteiger partial charge in [0, 0.05) is 12.7 Å². The Balaban J connectivity index is 2.96. The smallest absolute Gasteiger partial charge is 0.191 e. The summed E-state index contributed by atoms with van der Waals surface area (Å²) in [7, 11) is 3.70. The van der Waals surface area contributed by atoms with E-state index in [1.165, 1.54) is 5.57 Å². The van der Waals surface area contributed by atoms with Crippen molar-refractivity contribution in [1.82, 2.24) is 0 Å². The molecule has 14 heavy (non-hydrogen) atoms. The van der Waals surface area contributed by atoms with E-state index in [1.807, 2.05) is 44.0 Å². The number of rotatable bonds is 3. The number of methoxy groups -OCH3 is 1. The summed E-state index contributed by atoms with van der Waals surface area (Å²) in [5.74, 6) is 0.899. The molecule has 2 nitrogen and oxygen atoms in total. The van der Waals surface area contributed by atoms with Crippen LogP contribution in [0.5, 0.6) is 0 Å². The van der Waals surface area contributed by atoms with Crippen LogP contribution in [-0.4, -0.2) is 14.2 Å². The van der Waals surface area contributed by atoms with E-state index in [4.69, 9.17) is 4.74 Å². The third-order valence-corrected chi connectivity index (χ3v) is 2.07. The number of anilines is 1. The average Bonchev–Trinajstić information content (AvgIpc) is 2.19. The van der Waals surface area contributed by atoms with Crippen molar-refractivity contribution in [1.29, 1.82) is 0 Å². The average molecular weight is 191 g/mol. The number of ether oxygens (including phenoxy) is 1. The Hall–Kier alpha value is -1.44. The minimum Gasteiger partial charge on any atom is -0.482 e. The molecule has 1 aromatic carbocycles. The largest absolute Gasteiger partial charge is 0.482 e. The topological polar surface area (TPSA) is 12.5 Å². The molecule has 0 bridgehead atoms. The Bertz CT molecular complexity index is 312. The first-order valence-corrected chi connectivity index (χ1v) is 4.67. The monoisotopic (exact) mass is 191 g/mol. The second-order valence-electron chi connectivity index (χ2n) is 3.40. The number of hydrogen-bond donors (Lipinski definition) is 0. The van der Waals surface area contributed by atoms with Crippen LogP contribution in [0.4, 0.5) is 5.69 Å². The van der Waals surface area contributed by atoms with Gasteiger partial charge in [0.05, 0.1) is 7.11 Å². The molecule has 0 fully saturated rings. The highest BCUT2D eigenvalue weighted by Gasteiger charge is 2.07. The molecular weight excluding hydrogens is 174 g/mol. The molecule has 1 aromatic rings. The molecule has 2 heteroatoms. The Kier molecular flexibility index (Phi) is 3.57. The van der Waals surface area contributed by atoms with Crippen LogP contribution in [0.25, 0.3) is 0 Å². The summed E-state index contributed by atoms with van der Waals surface area (Å²) in [4.78, 5) is 2.04. The SMILES string of the molecule is COC(=C(C)C)N(C)c1ccccc1. The highest BCUT2D eigenvalue weighted by molar-refractivity contribution is 5.50. The van der Waals surface area contributed by atoms with Gasteiger partial charge >= 0.3 is 0 Å². The molecule has 0 amide bonds. The molecule has 0 aromatic heterocycles. The van der Waals surface area contributed by atoms with Crippen molar-refractivity contribution >= 4 is 5.69 Å². The van der Waals surface area contributed by atoms with Crippen LogP contribution in [0, 0.1) is 0 Å². The van der Waals surface area contributed by atoms with Gasteiger partial charge in [-0.2, -0.15) is 0 Å². The second kappa shape index (κ2) is 4.70. The lowest BCUT2D eigenvalue weighted by molar-refractivity contribution is 0.278. The van der Waals surface area contributed by atoms with E-state index < -0.39 is 0 Å². The van der Waals surface area contributed by atoms with E-state index in [1.54, 1.807) is 7.11 Å². The fourth-order valence-electron chi connectivity index (χ4n) is 1.45. The van der Waals surface area contributed by atoms with E-state index in [0.29, 0.717) is 0 Å². The normalized spacial score (nSPS) is 9.43. The van der Waals surface area contributed by atoms with Crippen LogP contribution in [0.15, 0.2) is 41.8 Å². The zero-order chi connectivity index (χ0) is 10.6. The maximum atomic E-state index is 5.33. The van der Waals surface area contributed by atoms with E-state index in [9.17, 15) is 0 Å². The number of para-hydroxylation sites is 1. The fourth-order valence-corrected chi connectivity index (χ4v) is 1.45. The number of benzene rings is 1. The lowest BCUT2D eigenvalue weighted by Crippen LogP contribution is -2.18. The van der Waals surface area contributed by atoms with Crippen LogP contribution in [0.1, 0.15) is 13.8 Å². The number of allylic oxidation sites excluding steroid dienone is 1. The van der Waals surface area contributed by atoms with Crippen LogP contribution in [0.3, 0.4) is 0 Å². The molecule has 0 atom stereocenters. The van der Waals surface area contributed by atoms with Gasteiger partial charge in [-0.1, -0.05) is 18.2 Å². The first-order chi connectivity index (χ1) is 6.66. The summed E-state index contributed by atoms with van der Waals surface area (Å²) in [5, 5.41) is 0. The van der Waals surface area contributed by atoms with Gasteiger partial charge in [0.15, 0.2) is 5.88 Å². The predicted octanol–water partition coefficient (Wildman–Crippen LogP) is 3.02. The van der Waals surface area contributed by atoms with E-state index in [2.05, 4.69) is 12.1 Å². The molecule has 0 aliphatic carbocycles. The summed E-state index contributed by atoms with van der Waals surface area (Å²) >= 11 is 0. The van der Waals surface area contributed by atoms with Crippen LogP contribution in [-0.2, 0) is 4.74 Å². The third kappa shape index (κ3) is 2.28. The van der Waals surface area contributed by atoms with Crippen molar-refractivity contribution in [2.24, 2.45) is 0 Å². The Morgan fingerprint density at radius 1 is 1.14 bits per heavy atom. The van der Waals surface area contributed by atoms with E-state index in [0.717, 1.165) is 11.6 Å². The maximum Gasteiger partial charge on any atom is 0.191 e. The molecule has 0 spiro atoms. The molecule has 0 N–H and O–H groups in total. The van der Waals surface area contributed by atoms with E-state index in [-0.39, 0.29) is 0 Å². The van der Waals surface area contributed by atoms with Crippen molar-refractivity contribution in [3.8, 4) is 0 Å². The van der Waals surface area contributed by atoms with Crippen LogP contribution in [0.2, 0.25) is 0 Å². The van der Waals surface area contributed by atoms with Gasteiger partial charge in [-0.3, -0.25) is 0 Å². The standard InChI is InChI=1S/C12H17NO/c1-10(2)12(14-4)13(3)11-8-6-5-7-9-11/h5-9H,1-4H3. The summed E-state index contributed by atoms with van der Waals surface area (Å²) in [6, 6.07) is 10.2. The van der Waals surface area contributed by atoms with Gasteiger partial charge in [0.1, 0.15) is 0 Å². The molecular formula is C12H17NO. The lowest BCUT2D eigenvalue weighted by Gasteiger charge is -2.22. The summed E-state index contributed by atoms with van der Waals surface area (Å²) in [6.07, 6.45) is 0. The summed E-state index contributed by atoms with van der Waals surface area (Å²) < 4.78 is 5.33. The molecule has 0 aliphatic heterocycles.